The number of carbonyl (C=O) groups excluding carboxylic acids is 1. The van der Waals surface area contributed by atoms with Crippen LogP contribution in [-0.2, 0) is 16.0 Å². The lowest BCUT2D eigenvalue weighted by Crippen LogP contribution is -2.05. The third-order valence-corrected chi connectivity index (χ3v) is 3.42. The molecule has 1 aromatic carbocycles. The highest BCUT2D eigenvalue weighted by Gasteiger charge is 2.26. The van der Waals surface area contributed by atoms with Crippen molar-refractivity contribution in [2.75, 3.05) is 20.3 Å². The fourth-order valence-corrected chi connectivity index (χ4v) is 2.47. The molecule has 0 saturated carbocycles. The maximum atomic E-state index is 11.8. The van der Waals surface area contributed by atoms with Gasteiger partial charge in [0, 0.05) is 12.0 Å². The SMILES string of the molecule is CCOc1cc2c(cc1OCC)C(C)=C(C(=O)OC)C2. The lowest BCUT2D eigenvalue weighted by molar-refractivity contribution is -0.136. The van der Waals surface area contributed by atoms with Gasteiger partial charge in [0.05, 0.1) is 20.3 Å². The molecular formula is C16H20O4. The molecule has 0 aliphatic heterocycles. The van der Waals surface area contributed by atoms with Gasteiger partial charge in [-0.3, -0.25) is 0 Å². The summed E-state index contributed by atoms with van der Waals surface area (Å²) < 4.78 is 16.1. The molecule has 0 spiro atoms. The Morgan fingerprint density at radius 2 is 1.75 bits per heavy atom. The maximum Gasteiger partial charge on any atom is 0.334 e. The van der Waals surface area contributed by atoms with E-state index in [0.717, 1.165) is 28.2 Å². The molecule has 0 atom stereocenters. The van der Waals surface area contributed by atoms with Gasteiger partial charge in [-0.1, -0.05) is 0 Å². The maximum absolute atomic E-state index is 11.8. The first kappa shape index (κ1) is 14.4. The van der Waals surface area contributed by atoms with Crippen molar-refractivity contribution in [2.45, 2.75) is 27.2 Å². The first-order chi connectivity index (χ1) is 9.62. The van der Waals surface area contributed by atoms with Crippen LogP contribution in [0.1, 0.15) is 31.9 Å². The lowest BCUT2D eigenvalue weighted by atomic mass is 10.1. The summed E-state index contributed by atoms with van der Waals surface area (Å²) in [7, 11) is 1.41. The standard InChI is InChI=1S/C16H20O4/c1-5-19-14-8-11-7-13(16(17)18-4)10(3)12(11)9-15(14)20-6-2/h8-9H,5-7H2,1-4H3. The largest absolute Gasteiger partial charge is 0.490 e. The van der Waals surface area contributed by atoms with Crippen molar-refractivity contribution in [3.8, 4) is 11.5 Å². The van der Waals surface area contributed by atoms with E-state index in [1.165, 1.54) is 7.11 Å². The van der Waals surface area contributed by atoms with Crippen molar-refractivity contribution >= 4 is 11.5 Å². The Hall–Kier alpha value is -1.97. The molecule has 0 fully saturated rings. The summed E-state index contributed by atoms with van der Waals surface area (Å²) in [5, 5.41) is 0. The number of hydrogen-bond acceptors (Lipinski definition) is 4. The topological polar surface area (TPSA) is 44.8 Å². The highest BCUT2D eigenvalue weighted by molar-refractivity contribution is 6.00. The quantitative estimate of drug-likeness (QED) is 0.776. The second-order valence-corrected chi connectivity index (χ2v) is 4.59. The smallest absolute Gasteiger partial charge is 0.334 e. The lowest BCUT2D eigenvalue weighted by Gasteiger charge is -2.13. The summed E-state index contributed by atoms with van der Waals surface area (Å²) >= 11 is 0. The van der Waals surface area contributed by atoms with E-state index in [-0.39, 0.29) is 5.97 Å². The molecule has 2 rings (SSSR count). The average Bonchev–Trinajstić information content (AvgIpc) is 2.76. The number of allylic oxidation sites excluding steroid dienone is 1. The molecule has 1 aliphatic carbocycles. The molecule has 1 aromatic rings. The molecular weight excluding hydrogens is 256 g/mol. The van der Waals surface area contributed by atoms with Crippen LogP contribution in [0.25, 0.3) is 5.57 Å². The van der Waals surface area contributed by atoms with Crippen LogP contribution in [0.3, 0.4) is 0 Å². The number of methoxy groups -OCH3 is 1. The second-order valence-electron chi connectivity index (χ2n) is 4.59. The Morgan fingerprint density at radius 3 is 2.30 bits per heavy atom. The van der Waals surface area contributed by atoms with Gasteiger partial charge in [0.2, 0.25) is 0 Å². The minimum Gasteiger partial charge on any atom is -0.490 e. The molecule has 0 saturated heterocycles. The van der Waals surface area contributed by atoms with Crippen LogP contribution in [0.4, 0.5) is 0 Å². The number of fused-ring (bicyclic) bond motifs is 1. The number of rotatable bonds is 5. The van der Waals surface area contributed by atoms with Gasteiger partial charge in [0.25, 0.3) is 0 Å². The molecule has 0 amide bonds. The van der Waals surface area contributed by atoms with Gasteiger partial charge in [-0.15, -0.1) is 0 Å². The van der Waals surface area contributed by atoms with Gasteiger partial charge < -0.3 is 14.2 Å². The van der Waals surface area contributed by atoms with Gasteiger partial charge in [-0.2, -0.15) is 0 Å². The highest BCUT2D eigenvalue weighted by Crippen LogP contribution is 2.40. The zero-order chi connectivity index (χ0) is 14.7. The van der Waals surface area contributed by atoms with Crippen LogP contribution in [0, 0.1) is 0 Å². The Morgan fingerprint density at radius 1 is 1.15 bits per heavy atom. The molecule has 0 bridgehead atoms. The molecule has 0 unspecified atom stereocenters. The van der Waals surface area contributed by atoms with Crippen LogP contribution >= 0.6 is 0 Å². The van der Waals surface area contributed by atoms with Gasteiger partial charge in [-0.25, -0.2) is 4.79 Å². The molecule has 1 aliphatic rings. The van der Waals surface area contributed by atoms with Crippen molar-refractivity contribution in [3.05, 3.63) is 28.8 Å². The summed E-state index contributed by atoms with van der Waals surface area (Å²) in [5.41, 5.74) is 3.78. The molecule has 0 heterocycles. The van der Waals surface area contributed by atoms with Gasteiger partial charge >= 0.3 is 5.97 Å². The predicted molar refractivity (Wildman–Crippen MR) is 77.1 cm³/mol. The number of ether oxygens (including phenoxy) is 3. The van der Waals surface area contributed by atoms with E-state index in [1.807, 2.05) is 32.9 Å². The van der Waals surface area contributed by atoms with Gasteiger partial charge in [-0.05, 0) is 49.6 Å². The predicted octanol–water partition coefficient (Wildman–Crippen LogP) is 2.99. The monoisotopic (exact) mass is 276 g/mol. The fraction of sp³-hybridized carbons (Fsp3) is 0.438. The van der Waals surface area contributed by atoms with E-state index < -0.39 is 0 Å². The van der Waals surface area contributed by atoms with Crippen molar-refractivity contribution in [1.82, 2.24) is 0 Å². The van der Waals surface area contributed by atoms with E-state index in [1.54, 1.807) is 0 Å². The van der Waals surface area contributed by atoms with E-state index in [9.17, 15) is 4.79 Å². The minimum atomic E-state index is -0.269. The fourth-order valence-electron chi connectivity index (χ4n) is 2.47. The normalized spacial score (nSPS) is 13.2. The van der Waals surface area contributed by atoms with Crippen LogP contribution in [0.5, 0.6) is 11.5 Å². The molecule has 4 nitrogen and oxygen atoms in total. The summed E-state index contributed by atoms with van der Waals surface area (Å²) in [6.07, 6.45) is 0.584. The third kappa shape index (κ3) is 2.50. The Kier molecular flexibility index (Phi) is 4.32. The number of carbonyl (C=O) groups is 1. The van der Waals surface area contributed by atoms with E-state index in [4.69, 9.17) is 14.2 Å². The number of hydrogen-bond donors (Lipinski definition) is 0. The van der Waals surface area contributed by atoms with Crippen molar-refractivity contribution in [3.63, 3.8) is 0 Å². The first-order valence-corrected chi connectivity index (χ1v) is 6.83. The first-order valence-electron chi connectivity index (χ1n) is 6.83. The summed E-state index contributed by atoms with van der Waals surface area (Å²) in [6.45, 7) is 6.96. The van der Waals surface area contributed by atoms with Gasteiger partial charge in [0.1, 0.15) is 0 Å². The van der Waals surface area contributed by atoms with Crippen LogP contribution in [-0.4, -0.2) is 26.3 Å². The summed E-state index contributed by atoms with van der Waals surface area (Å²) in [4.78, 5) is 11.8. The summed E-state index contributed by atoms with van der Waals surface area (Å²) in [6, 6.07) is 3.92. The van der Waals surface area contributed by atoms with E-state index in [2.05, 4.69) is 0 Å². The average molecular weight is 276 g/mol. The molecule has 0 radical (unpaired) electrons. The Bertz CT molecular complexity index is 558. The number of benzene rings is 1. The minimum absolute atomic E-state index is 0.269. The molecule has 20 heavy (non-hydrogen) atoms. The van der Waals surface area contributed by atoms with E-state index >= 15 is 0 Å². The van der Waals surface area contributed by atoms with Gasteiger partial charge in [0.15, 0.2) is 11.5 Å². The third-order valence-electron chi connectivity index (χ3n) is 3.42. The highest BCUT2D eigenvalue weighted by atomic mass is 16.5. The second kappa shape index (κ2) is 5.99. The zero-order valence-corrected chi connectivity index (χ0v) is 12.4. The van der Waals surface area contributed by atoms with Crippen molar-refractivity contribution < 1.29 is 19.0 Å². The van der Waals surface area contributed by atoms with Crippen LogP contribution in [0.15, 0.2) is 17.7 Å². The van der Waals surface area contributed by atoms with Crippen molar-refractivity contribution in [1.29, 1.82) is 0 Å². The molecule has 4 heteroatoms. The molecule has 0 N–H and O–H groups in total. The van der Waals surface area contributed by atoms with Crippen LogP contribution in [0.2, 0.25) is 0 Å². The Labute approximate surface area is 119 Å². The Balaban J connectivity index is 2.44. The summed E-state index contributed by atoms with van der Waals surface area (Å²) in [5.74, 6) is 1.18. The number of esters is 1. The van der Waals surface area contributed by atoms with Crippen molar-refractivity contribution in [2.24, 2.45) is 0 Å². The van der Waals surface area contributed by atoms with Crippen LogP contribution < -0.4 is 9.47 Å². The van der Waals surface area contributed by atoms with E-state index in [0.29, 0.717) is 25.2 Å². The molecule has 0 aromatic heterocycles. The zero-order valence-electron chi connectivity index (χ0n) is 12.4. The molecule has 108 valence electrons.